The maximum Gasteiger partial charge on any atom is 0.331 e. The zero-order chi connectivity index (χ0) is 26.0. The average molecular weight is 519 g/mol. The normalized spacial score (nSPS) is 58.8. The number of rotatable bonds is 1. The van der Waals surface area contributed by atoms with Gasteiger partial charge in [-0.15, -0.1) is 0 Å². The summed E-state index contributed by atoms with van der Waals surface area (Å²) in [6.07, 6.45) is 6.46. The quantitative estimate of drug-likeness (QED) is 0.359. The molecule has 4 aliphatic carbocycles. The van der Waals surface area contributed by atoms with Gasteiger partial charge in [-0.05, 0) is 93.0 Å². The van der Waals surface area contributed by atoms with E-state index in [1.807, 2.05) is 6.92 Å². The van der Waals surface area contributed by atoms with Gasteiger partial charge in [0.25, 0.3) is 0 Å². The van der Waals surface area contributed by atoms with E-state index < -0.39 is 23.8 Å². The molecule has 3 aliphatic heterocycles. The topological polar surface area (TPSA) is 115 Å². The monoisotopic (exact) mass is 518 g/mol. The second kappa shape index (κ2) is 8.01. The summed E-state index contributed by atoms with van der Waals surface area (Å²) in [7, 11) is 0. The fourth-order valence-electron chi connectivity index (χ4n) is 10.3. The molecule has 0 unspecified atom stereocenters. The van der Waals surface area contributed by atoms with E-state index >= 15 is 0 Å². The molecule has 6 fully saturated rings. The first-order valence-corrected chi connectivity index (χ1v) is 14.5. The van der Waals surface area contributed by atoms with Crippen molar-refractivity contribution < 1.29 is 39.1 Å². The summed E-state index contributed by atoms with van der Waals surface area (Å²) < 4.78 is 23.7. The van der Waals surface area contributed by atoms with Gasteiger partial charge >= 0.3 is 5.97 Å². The maximum atomic E-state index is 12.5. The van der Waals surface area contributed by atoms with Crippen LogP contribution in [0.5, 0.6) is 0 Å². The van der Waals surface area contributed by atoms with Crippen LogP contribution < -0.4 is 0 Å². The molecule has 0 bridgehead atoms. The van der Waals surface area contributed by atoms with Crippen LogP contribution in [0.4, 0.5) is 0 Å². The van der Waals surface area contributed by atoms with Crippen LogP contribution in [0.15, 0.2) is 11.6 Å². The van der Waals surface area contributed by atoms with Crippen molar-refractivity contribution in [3.63, 3.8) is 0 Å². The van der Waals surface area contributed by atoms with Crippen molar-refractivity contribution in [2.24, 2.45) is 34.5 Å². The van der Waals surface area contributed by atoms with Crippen molar-refractivity contribution in [1.29, 1.82) is 0 Å². The molecule has 37 heavy (non-hydrogen) atoms. The molecule has 7 rings (SSSR count). The first-order chi connectivity index (χ1) is 17.5. The highest BCUT2D eigenvalue weighted by Gasteiger charge is 2.69. The largest absolute Gasteiger partial charge is 0.458 e. The molecule has 8 heteroatoms. The third-order valence-corrected chi connectivity index (χ3v) is 12.3. The summed E-state index contributed by atoms with van der Waals surface area (Å²) in [6, 6.07) is 0. The number of esters is 1. The minimum absolute atomic E-state index is 0.0503. The number of ether oxygens (including phenoxy) is 4. The second-order valence-corrected chi connectivity index (χ2v) is 13.8. The second-order valence-electron chi connectivity index (χ2n) is 13.8. The summed E-state index contributed by atoms with van der Waals surface area (Å²) in [6.45, 7) is 6.85. The molecule has 206 valence electrons. The Hall–Kier alpha value is -1.03. The van der Waals surface area contributed by atoms with E-state index in [2.05, 4.69) is 13.8 Å². The highest BCUT2D eigenvalue weighted by molar-refractivity contribution is 5.85. The van der Waals surface area contributed by atoms with Crippen molar-refractivity contribution >= 4 is 5.97 Å². The first-order valence-electron chi connectivity index (χ1n) is 14.5. The first kappa shape index (κ1) is 25.0. The van der Waals surface area contributed by atoms with Gasteiger partial charge in [0.2, 0.25) is 12.1 Å². The van der Waals surface area contributed by atoms with Crippen molar-refractivity contribution in [3.05, 3.63) is 11.6 Å². The van der Waals surface area contributed by atoms with Gasteiger partial charge in [0, 0.05) is 17.9 Å². The Morgan fingerprint density at radius 2 is 1.78 bits per heavy atom. The van der Waals surface area contributed by atoms with Crippen molar-refractivity contribution in [1.82, 2.24) is 0 Å². The molecule has 0 aromatic rings. The molecule has 0 aromatic carbocycles. The molecule has 7 aliphatic rings. The molecule has 4 saturated carbocycles. The molecule has 0 spiro atoms. The molecule has 3 N–H and O–H groups in total. The molecule has 0 radical (unpaired) electrons. The predicted octanol–water partition coefficient (Wildman–Crippen LogP) is 2.82. The molecule has 8 nitrogen and oxygen atoms in total. The Morgan fingerprint density at radius 1 is 0.973 bits per heavy atom. The number of carbonyl (C=O) groups is 1. The van der Waals surface area contributed by atoms with Crippen LogP contribution in [0.25, 0.3) is 0 Å². The smallest absolute Gasteiger partial charge is 0.331 e. The van der Waals surface area contributed by atoms with Crippen LogP contribution in [0.3, 0.4) is 0 Å². The third-order valence-electron chi connectivity index (χ3n) is 12.3. The number of hydrogen-bond donors (Lipinski definition) is 3. The summed E-state index contributed by atoms with van der Waals surface area (Å²) >= 11 is 0. The summed E-state index contributed by atoms with van der Waals surface area (Å²) in [5, 5.41) is 34.4. The molecule has 0 aromatic heterocycles. The van der Waals surface area contributed by atoms with Crippen molar-refractivity contribution in [2.45, 2.75) is 121 Å². The van der Waals surface area contributed by atoms with Gasteiger partial charge in [0.05, 0.1) is 23.9 Å². The lowest BCUT2D eigenvalue weighted by atomic mass is 9.43. The fourth-order valence-corrected chi connectivity index (χ4v) is 10.3. The molecular formula is C29H42O8. The minimum Gasteiger partial charge on any atom is -0.458 e. The Kier molecular flexibility index (Phi) is 5.41. The Labute approximate surface area is 218 Å². The van der Waals surface area contributed by atoms with E-state index in [9.17, 15) is 20.1 Å². The Morgan fingerprint density at radius 3 is 2.54 bits per heavy atom. The highest BCUT2D eigenvalue weighted by Crippen LogP contribution is 2.70. The van der Waals surface area contributed by atoms with Crippen LogP contribution >= 0.6 is 0 Å². The molecule has 13 atom stereocenters. The lowest BCUT2D eigenvalue weighted by molar-refractivity contribution is -0.458. The maximum absolute atomic E-state index is 12.5. The number of cyclic esters (lactones) is 1. The van der Waals surface area contributed by atoms with E-state index in [1.54, 1.807) is 6.08 Å². The van der Waals surface area contributed by atoms with Crippen molar-refractivity contribution in [3.8, 4) is 0 Å². The van der Waals surface area contributed by atoms with Gasteiger partial charge in [-0.3, -0.25) is 0 Å². The zero-order valence-corrected chi connectivity index (χ0v) is 22.2. The van der Waals surface area contributed by atoms with Crippen LogP contribution in [-0.4, -0.2) is 70.0 Å². The lowest BCUT2D eigenvalue weighted by Crippen LogP contribution is -2.70. The van der Waals surface area contributed by atoms with Crippen LogP contribution in [-0.2, 0) is 23.7 Å². The van der Waals surface area contributed by atoms with Gasteiger partial charge in [-0.2, -0.15) is 0 Å². The molecular weight excluding hydrogens is 476 g/mol. The van der Waals surface area contributed by atoms with E-state index in [-0.39, 0.29) is 46.9 Å². The fraction of sp³-hybridized carbons (Fsp3) is 0.897. The number of carbonyl (C=O) groups excluding carboxylic acids is 1. The standard InChI is InChI=1S/C29H42O8/c1-15-10-23(30)29(33)25(35-15)36-21-12-17-4-5-20-19(26(17,2)13-22(21)37-29)6-8-27(3)18(7-9-28(20,27)32)16-11-24(31)34-14-16/h11,15,17-23,25,30,32-33H,4-10,12-14H2,1-3H3/t15-,17-,18-,19+,20-,21+,22+,23-,25-,26-,27+,28-,29-/m0/s1. The van der Waals surface area contributed by atoms with Gasteiger partial charge in [-0.25, -0.2) is 4.79 Å². The lowest BCUT2D eigenvalue weighted by Gasteiger charge is -2.65. The van der Waals surface area contributed by atoms with E-state index in [4.69, 9.17) is 18.9 Å². The van der Waals surface area contributed by atoms with E-state index in [0.29, 0.717) is 24.9 Å². The van der Waals surface area contributed by atoms with Crippen molar-refractivity contribution in [2.75, 3.05) is 6.61 Å². The van der Waals surface area contributed by atoms with Gasteiger partial charge in [0.1, 0.15) is 12.7 Å². The third kappa shape index (κ3) is 3.26. The Bertz CT molecular complexity index is 1010. The Balaban J connectivity index is 1.16. The van der Waals surface area contributed by atoms with Gasteiger partial charge < -0.3 is 34.3 Å². The van der Waals surface area contributed by atoms with E-state index in [0.717, 1.165) is 56.9 Å². The minimum atomic E-state index is -1.85. The molecule has 2 saturated heterocycles. The van der Waals surface area contributed by atoms with Crippen LogP contribution in [0.1, 0.15) is 78.6 Å². The average Bonchev–Trinajstić information content (AvgIpc) is 3.37. The summed E-state index contributed by atoms with van der Waals surface area (Å²) in [5.41, 5.74) is -0.0261. The SMILES string of the molecule is C[C@H]1C[C@H](O)[C@]2(O)O[C@@H]3C[C@@]4(C)[C@@H](CC[C@H]5[C@H]4CC[C@]4(C)[C@H](C6=CC(=O)OC6)CC[C@]54O)C[C@H]3O[C@@H]2O1. The number of aliphatic hydroxyl groups is 3. The zero-order valence-electron chi connectivity index (χ0n) is 22.2. The molecule has 0 amide bonds. The van der Waals surface area contributed by atoms with E-state index in [1.165, 1.54) is 0 Å². The van der Waals surface area contributed by atoms with Crippen LogP contribution in [0, 0.1) is 34.5 Å². The number of hydrogen-bond acceptors (Lipinski definition) is 8. The number of fused-ring (bicyclic) bond motifs is 7. The highest BCUT2D eigenvalue weighted by atomic mass is 16.8. The number of aliphatic hydroxyl groups excluding tert-OH is 1. The van der Waals surface area contributed by atoms with Gasteiger partial charge in [-0.1, -0.05) is 13.8 Å². The van der Waals surface area contributed by atoms with Crippen LogP contribution in [0.2, 0.25) is 0 Å². The summed E-state index contributed by atoms with van der Waals surface area (Å²) in [5.74, 6) is -0.928. The summed E-state index contributed by atoms with van der Waals surface area (Å²) in [4.78, 5) is 11.8. The predicted molar refractivity (Wildman–Crippen MR) is 131 cm³/mol. The molecule has 3 heterocycles. The van der Waals surface area contributed by atoms with Gasteiger partial charge in [0.15, 0.2) is 0 Å².